The van der Waals surface area contributed by atoms with Crippen LogP contribution < -0.4 is 10.6 Å². The van der Waals surface area contributed by atoms with Crippen LogP contribution in [-0.2, 0) is 16.1 Å². The summed E-state index contributed by atoms with van der Waals surface area (Å²) >= 11 is 1.76. The van der Waals surface area contributed by atoms with Crippen LogP contribution in [0, 0.1) is 6.92 Å². The van der Waals surface area contributed by atoms with Crippen LogP contribution in [0.25, 0.3) is 21.6 Å². The summed E-state index contributed by atoms with van der Waals surface area (Å²) in [6, 6.07) is 0. The predicted octanol–water partition coefficient (Wildman–Crippen LogP) is 0.553. The number of rotatable bonds is 7. The molecule has 12 heteroatoms. The lowest BCUT2D eigenvalue weighted by atomic mass is 10.2. The fraction of sp³-hybridized carbons (Fsp3) is 0.522. The maximum Gasteiger partial charge on any atom is 0.219 e. The lowest BCUT2D eigenvalue weighted by molar-refractivity contribution is -0.115. The Kier molecular flexibility index (Phi) is 7.16. The molecule has 0 aliphatic carbocycles. The minimum Gasteiger partial charge on any atom is -0.384 e. The second kappa shape index (κ2) is 10.5. The van der Waals surface area contributed by atoms with E-state index in [2.05, 4.69) is 31.6 Å². The summed E-state index contributed by atoms with van der Waals surface area (Å²) in [5.74, 6) is 1.74. The van der Waals surface area contributed by atoms with Crippen LogP contribution in [-0.4, -0.2) is 106 Å². The fourth-order valence-corrected chi connectivity index (χ4v) is 5.79. The van der Waals surface area contributed by atoms with Crippen LogP contribution >= 0.6 is 11.3 Å². The Morgan fingerprint density at radius 2 is 1.80 bits per heavy atom. The highest BCUT2D eigenvalue weighted by Gasteiger charge is 2.25. The molecule has 35 heavy (non-hydrogen) atoms. The highest BCUT2D eigenvalue weighted by Crippen LogP contribution is 2.38. The van der Waals surface area contributed by atoms with E-state index in [0.29, 0.717) is 31.9 Å². The molecule has 3 aromatic heterocycles. The van der Waals surface area contributed by atoms with Gasteiger partial charge >= 0.3 is 0 Å². The molecule has 2 aliphatic heterocycles. The topological polar surface area (TPSA) is 134 Å². The third-order valence-electron chi connectivity index (χ3n) is 6.52. The molecule has 0 radical (unpaired) electrons. The Labute approximate surface area is 207 Å². The molecule has 11 nitrogen and oxygen atoms in total. The summed E-state index contributed by atoms with van der Waals surface area (Å²) in [4.78, 5) is 37.0. The molecule has 0 aromatic carbocycles. The number of hydrogen-bond donors (Lipinski definition) is 2. The number of anilines is 2. The van der Waals surface area contributed by atoms with Gasteiger partial charge < -0.3 is 25.3 Å². The van der Waals surface area contributed by atoms with Crippen LogP contribution in [0.15, 0.2) is 12.4 Å². The lowest BCUT2D eigenvalue weighted by Gasteiger charge is -2.34. The number of hydrogen-bond acceptors (Lipinski definition) is 12. The lowest BCUT2D eigenvalue weighted by Crippen LogP contribution is -2.48. The molecule has 5 heterocycles. The number of nitrogens with two attached hydrogens (primary N) is 1. The third-order valence-corrected chi connectivity index (χ3v) is 7.78. The van der Waals surface area contributed by atoms with Crippen molar-refractivity contribution in [3.05, 3.63) is 22.8 Å². The van der Waals surface area contributed by atoms with Gasteiger partial charge in [0, 0.05) is 69.6 Å². The van der Waals surface area contributed by atoms with Gasteiger partial charge in [0.25, 0.3) is 0 Å². The number of β-amino-alcohol motifs (C(OH)–C–C–N with tert-alkyl or cyclic N) is 1. The molecule has 3 aromatic rings. The van der Waals surface area contributed by atoms with Crippen LogP contribution in [0.5, 0.6) is 0 Å². The van der Waals surface area contributed by atoms with Crippen molar-refractivity contribution in [2.45, 2.75) is 19.6 Å². The summed E-state index contributed by atoms with van der Waals surface area (Å²) in [5, 5.41) is 9.62. The summed E-state index contributed by atoms with van der Waals surface area (Å²) in [7, 11) is 0. The Balaban J connectivity index is 1.43. The maximum absolute atomic E-state index is 10.8. The van der Waals surface area contributed by atoms with E-state index in [1.165, 1.54) is 10.4 Å². The average molecular weight is 499 g/mol. The van der Waals surface area contributed by atoms with Gasteiger partial charge in [0.2, 0.25) is 5.95 Å². The molecule has 0 spiro atoms. The number of aromatic nitrogens is 4. The van der Waals surface area contributed by atoms with Crippen LogP contribution in [0.2, 0.25) is 0 Å². The first-order chi connectivity index (χ1) is 17.0. The van der Waals surface area contributed by atoms with Gasteiger partial charge in [-0.3, -0.25) is 9.80 Å². The third kappa shape index (κ3) is 5.26. The molecule has 0 unspecified atom stereocenters. The summed E-state index contributed by atoms with van der Waals surface area (Å²) in [6.07, 6.45) is 3.02. The van der Waals surface area contributed by atoms with E-state index in [-0.39, 0.29) is 5.95 Å². The van der Waals surface area contributed by atoms with Gasteiger partial charge in [-0.15, -0.1) is 11.3 Å². The van der Waals surface area contributed by atoms with Gasteiger partial charge in [0.05, 0.1) is 29.0 Å². The van der Waals surface area contributed by atoms with E-state index in [1.54, 1.807) is 23.7 Å². The molecule has 1 atom stereocenters. The first kappa shape index (κ1) is 23.9. The Morgan fingerprint density at radius 1 is 1.11 bits per heavy atom. The number of piperazine rings is 1. The number of thiophene rings is 1. The van der Waals surface area contributed by atoms with E-state index < -0.39 is 6.10 Å². The first-order valence-electron chi connectivity index (χ1n) is 11.8. The number of carbonyl (C=O) groups excluding carboxylic acids is 1. The smallest absolute Gasteiger partial charge is 0.219 e. The van der Waals surface area contributed by atoms with Crippen molar-refractivity contribution in [2.75, 3.05) is 69.7 Å². The molecule has 0 saturated carbocycles. The van der Waals surface area contributed by atoms with Crippen LogP contribution in [0.1, 0.15) is 10.4 Å². The molecule has 186 valence electrons. The van der Waals surface area contributed by atoms with Gasteiger partial charge in [-0.25, -0.2) is 19.9 Å². The molecule has 0 bridgehead atoms. The van der Waals surface area contributed by atoms with Crippen molar-refractivity contribution in [3.8, 4) is 11.4 Å². The number of aryl methyl sites for hydroxylation is 1. The monoisotopic (exact) mass is 498 g/mol. The Hall–Kier alpha value is -2.77. The zero-order valence-electron chi connectivity index (χ0n) is 19.8. The number of aldehydes is 1. The van der Waals surface area contributed by atoms with Gasteiger partial charge in [-0.05, 0) is 12.5 Å². The second-order valence-corrected chi connectivity index (χ2v) is 10.0. The van der Waals surface area contributed by atoms with Crippen molar-refractivity contribution in [1.29, 1.82) is 0 Å². The molecule has 2 fully saturated rings. The first-order valence-corrected chi connectivity index (χ1v) is 12.6. The molecular formula is C23H30N8O3S. The number of carbonyl (C=O) groups is 1. The highest BCUT2D eigenvalue weighted by molar-refractivity contribution is 7.19. The normalized spacial score (nSPS) is 18.7. The van der Waals surface area contributed by atoms with Crippen molar-refractivity contribution >= 4 is 39.6 Å². The summed E-state index contributed by atoms with van der Waals surface area (Å²) < 4.78 is 6.66. The minimum absolute atomic E-state index is 0.220. The van der Waals surface area contributed by atoms with E-state index >= 15 is 0 Å². The number of aliphatic hydroxyl groups excluding tert-OH is 1. The zero-order valence-corrected chi connectivity index (χ0v) is 20.6. The molecule has 2 aliphatic rings. The quantitative estimate of drug-likeness (QED) is 0.442. The summed E-state index contributed by atoms with van der Waals surface area (Å²) in [5.41, 5.74) is 8.54. The maximum atomic E-state index is 10.8. The zero-order chi connectivity index (χ0) is 24.4. The molecule has 3 N–H and O–H groups in total. The number of nitrogens with zero attached hydrogens (tertiary/aromatic N) is 7. The molecule has 5 rings (SSSR count). The van der Waals surface area contributed by atoms with Gasteiger partial charge in [-0.1, -0.05) is 0 Å². The Morgan fingerprint density at radius 3 is 2.49 bits per heavy atom. The van der Waals surface area contributed by atoms with E-state index in [1.807, 2.05) is 0 Å². The van der Waals surface area contributed by atoms with E-state index in [0.717, 1.165) is 67.4 Å². The van der Waals surface area contributed by atoms with Crippen molar-refractivity contribution in [2.24, 2.45) is 0 Å². The van der Waals surface area contributed by atoms with Crippen molar-refractivity contribution in [3.63, 3.8) is 0 Å². The van der Waals surface area contributed by atoms with Crippen molar-refractivity contribution in [1.82, 2.24) is 29.7 Å². The van der Waals surface area contributed by atoms with E-state index in [4.69, 9.17) is 20.4 Å². The Bertz CT molecular complexity index is 1170. The average Bonchev–Trinajstić information content (AvgIpc) is 3.20. The SMILES string of the molecule is Cc1c(CN2CCN(C[C@H](O)C=O)CC2)sc2c(N3CCOCC3)nc(-c3cnc(N)nc3)nc12. The number of aliphatic hydroxyl groups is 1. The number of morpholine rings is 1. The minimum atomic E-state index is -0.913. The van der Waals surface area contributed by atoms with E-state index in [9.17, 15) is 9.90 Å². The van der Waals surface area contributed by atoms with Gasteiger partial charge in [0.15, 0.2) is 11.6 Å². The van der Waals surface area contributed by atoms with Gasteiger partial charge in [0.1, 0.15) is 12.4 Å². The molecular weight excluding hydrogens is 468 g/mol. The largest absolute Gasteiger partial charge is 0.384 e. The van der Waals surface area contributed by atoms with Gasteiger partial charge in [-0.2, -0.15) is 0 Å². The number of fused-ring (bicyclic) bond motifs is 1. The van der Waals surface area contributed by atoms with Crippen LogP contribution in [0.4, 0.5) is 11.8 Å². The van der Waals surface area contributed by atoms with Crippen LogP contribution in [0.3, 0.4) is 0 Å². The van der Waals surface area contributed by atoms with Crippen molar-refractivity contribution < 1.29 is 14.6 Å². The fourth-order valence-electron chi connectivity index (χ4n) is 4.48. The number of ether oxygens (including phenoxy) is 1. The highest BCUT2D eigenvalue weighted by atomic mass is 32.1. The predicted molar refractivity (Wildman–Crippen MR) is 134 cm³/mol. The molecule has 0 amide bonds. The summed E-state index contributed by atoms with van der Waals surface area (Å²) in [6.45, 7) is 9.70. The second-order valence-electron chi connectivity index (χ2n) is 8.91. The number of nitrogen functional groups attached to an aromatic ring is 1. The molecule has 2 saturated heterocycles. The standard InChI is InChI=1S/C23H30N8O3S/c1-15-18(13-30-4-2-29(3-5-30)12-17(33)14-32)35-20-19(15)27-21(16-10-25-23(24)26-11-16)28-22(20)31-6-8-34-9-7-31/h10-11,14,17,33H,2-9,12-13H2,1H3,(H2,24,25,26)/t17-/m0/s1.